The van der Waals surface area contributed by atoms with Gasteiger partial charge >= 0.3 is 0 Å². The van der Waals surface area contributed by atoms with E-state index in [1.165, 1.54) is 0 Å². The Bertz CT molecular complexity index is 120. The van der Waals surface area contributed by atoms with Crippen molar-refractivity contribution in [3.63, 3.8) is 0 Å². The van der Waals surface area contributed by atoms with Gasteiger partial charge in [0.1, 0.15) is 0 Å². The zero-order valence-electron chi connectivity index (χ0n) is 8.86. The summed E-state index contributed by atoms with van der Waals surface area (Å²) in [7, 11) is -0.833. The quantitative estimate of drug-likeness (QED) is 0.552. The number of hydrogen-bond acceptors (Lipinski definition) is 1. The third-order valence-electron chi connectivity index (χ3n) is 2.04. The minimum absolute atomic E-state index is 0.354. The van der Waals surface area contributed by atoms with E-state index < -0.39 is 9.04 Å². The van der Waals surface area contributed by atoms with Crippen LogP contribution in [0.3, 0.4) is 0 Å². The molecule has 0 aromatic rings. The van der Waals surface area contributed by atoms with Crippen molar-refractivity contribution in [2.45, 2.75) is 33.9 Å². The fraction of sp³-hybridized carbons (Fsp3) is 1.00. The second-order valence-corrected chi connectivity index (χ2v) is 7.68. The normalized spacial score (nSPS) is 15.2. The highest BCUT2D eigenvalue weighted by molar-refractivity contribution is 9.09. The van der Waals surface area contributed by atoms with Crippen LogP contribution in [0, 0.1) is 11.3 Å². The topological polar surface area (TPSA) is 9.23 Å². The first-order valence-corrected chi connectivity index (χ1v) is 8.45. The molecular weight excluding hydrogens is 232 g/mol. The monoisotopic (exact) mass is 252 g/mol. The molecule has 0 heterocycles. The lowest BCUT2D eigenvalue weighted by molar-refractivity contribution is 0.167. The summed E-state index contributed by atoms with van der Waals surface area (Å²) in [6.07, 6.45) is 0. The Morgan fingerprint density at radius 1 is 1.33 bits per heavy atom. The second-order valence-electron chi connectivity index (χ2n) is 4.60. The highest BCUT2D eigenvalue weighted by Gasteiger charge is 2.23. The maximum atomic E-state index is 5.73. The lowest BCUT2D eigenvalue weighted by Gasteiger charge is -2.29. The van der Waals surface area contributed by atoms with Gasteiger partial charge in [0.05, 0.1) is 0 Å². The van der Waals surface area contributed by atoms with Gasteiger partial charge in [-0.1, -0.05) is 36.7 Å². The minimum Gasteiger partial charge on any atom is -0.420 e. The summed E-state index contributed by atoms with van der Waals surface area (Å²) in [6, 6.07) is 0. The van der Waals surface area contributed by atoms with E-state index in [0.717, 1.165) is 11.9 Å². The predicted molar refractivity (Wildman–Crippen MR) is 61.6 cm³/mol. The number of halogens is 1. The first-order chi connectivity index (χ1) is 5.38. The van der Waals surface area contributed by atoms with Crippen LogP contribution in [-0.2, 0) is 4.43 Å². The summed E-state index contributed by atoms with van der Waals surface area (Å²) in [6.45, 7) is 12.2. The summed E-state index contributed by atoms with van der Waals surface area (Å²) in [4.78, 5) is 0. The Labute approximate surface area is 86.7 Å². The van der Waals surface area contributed by atoms with Gasteiger partial charge in [-0.15, -0.1) is 0 Å². The van der Waals surface area contributed by atoms with Crippen molar-refractivity contribution in [3.8, 4) is 0 Å². The van der Waals surface area contributed by atoms with Crippen LogP contribution in [0.5, 0.6) is 0 Å². The van der Waals surface area contributed by atoms with Crippen molar-refractivity contribution in [3.05, 3.63) is 0 Å². The van der Waals surface area contributed by atoms with Crippen LogP contribution in [0.4, 0.5) is 0 Å². The minimum atomic E-state index is -0.833. The van der Waals surface area contributed by atoms with Gasteiger partial charge in [-0.3, -0.25) is 0 Å². The Hall–Kier alpha value is 0.657. The molecule has 0 saturated carbocycles. The van der Waals surface area contributed by atoms with E-state index in [4.69, 9.17) is 4.43 Å². The molecular formula is C9H21BrOSi. The molecule has 0 rings (SSSR count). The highest BCUT2D eigenvalue weighted by atomic mass is 79.9. The summed E-state index contributed by atoms with van der Waals surface area (Å²) in [5.74, 6) is 0.632. The van der Waals surface area contributed by atoms with Crippen LogP contribution < -0.4 is 0 Å². The van der Waals surface area contributed by atoms with E-state index in [2.05, 4.69) is 49.8 Å². The smallest absolute Gasteiger partial charge is 0.170 e. The van der Waals surface area contributed by atoms with E-state index in [1.807, 2.05) is 0 Å². The molecule has 0 saturated heterocycles. The summed E-state index contributed by atoms with van der Waals surface area (Å²) < 4.78 is 5.73. The van der Waals surface area contributed by atoms with Crippen LogP contribution in [0.15, 0.2) is 0 Å². The van der Waals surface area contributed by atoms with Gasteiger partial charge < -0.3 is 4.43 Å². The van der Waals surface area contributed by atoms with Crippen LogP contribution >= 0.6 is 15.9 Å². The largest absolute Gasteiger partial charge is 0.420 e. The molecule has 74 valence electrons. The molecule has 0 aliphatic carbocycles. The van der Waals surface area contributed by atoms with Crippen molar-refractivity contribution in [2.24, 2.45) is 11.3 Å². The molecule has 0 aromatic carbocycles. The van der Waals surface area contributed by atoms with E-state index in [9.17, 15) is 0 Å². The van der Waals surface area contributed by atoms with Crippen molar-refractivity contribution in [1.82, 2.24) is 0 Å². The SMILES string of the molecule is C[SiH](C)OCC(CBr)C(C)(C)C. The molecule has 0 fully saturated rings. The zero-order valence-corrected chi connectivity index (χ0v) is 11.6. The third-order valence-corrected chi connectivity index (χ3v) is 3.68. The van der Waals surface area contributed by atoms with Gasteiger partial charge in [-0.2, -0.15) is 0 Å². The lowest BCUT2D eigenvalue weighted by atomic mass is 9.83. The predicted octanol–water partition coefficient (Wildman–Crippen LogP) is 3.04. The van der Waals surface area contributed by atoms with Crippen molar-refractivity contribution in [1.29, 1.82) is 0 Å². The van der Waals surface area contributed by atoms with E-state index in [-0.39, 0.29) is 0 Å². The Kier molecular flexibility index (Phi) is 5.70. The van der Waals surface area contributed by atoms with Crippen LogP contribution in [0.2, 0.25) is 13.1 Å². The van der Waals surface area contributed by atoms with Gasteiger partial charge in [0.15, 0.2) is 9.04 Å². The van der Waals surface area contributed by atoms with Gasteiger partial charge in [0.2, 0.25) is 0 Å². The van der Waals surface area contributed by atoms with Gasteiger partial charge in [-0.25, -0.2) is 0 Å². The molecule has 0 amide bonds. The molecule has 0 bridgehead atoms. The molecule has 1 nitrogen and oxygen atoms in total. The number of alkyl halides is 1. The average molecular weight is 253 g/mol. The maximum Gasteiger partial charge on any atom is 0.170 e. The molecule has 12 heavy (non-hydrogen) atoms. The van der Waals surface area contributed by atoms with Crippen molar-refractivity contribution in [2.75, 3.05) is 11.9 Å². The first-order valence-electron chi connectivity index (χ1n) is 4.55. The first kappa shape index (κ1) is 12.7. The lowest BCUT2D eigenvalue weighted by Crippen LogP contribution is -2.28. The summed E-state index contributed by atoms with van der Waals surface area (Å²) >= 11 is 3.54. The Morgan fingerprint density at radius 2 is 1.83 bits per heavy atom. The third kappa shape index (κ3) is 5.33. The van der Waals surface area contributed by atoms with E-state index in [1.54, 1.807) is 0 Å². The van der Waals surface area contributed by atoms with Crippen LogP contribution in [0.1, 0.15) is 20.8 Å². The average Bonchev–Trinajstić information content (AvgIpc) is 1.85. The second kappa shape index (κ2) is 5.40. The molecule has 0 radical (unpaired) electrons. The van der Waals surface area contributed by atoms with Crippen molar-refractivity contribution < 1.29 is 4.43 Å². The Morgan fingerprint density at radius 3 is 2.08 bits per heavy atom. The molecule has 0 aliphatic rings. The van der Waals surface area contributed by atoms with E-state index >= 15 is 0 Å². The van der Waals surface area contributed by atoms with E-state index in [0.29, 0.717) is 11.3 Å². The van der Waals surface area contributed by atoms with Gasteiger partial charge in [-0.05, 0) is 24.4 Å². The molecule has 3 heteroatoms. The number of rotatable bonds is 4. The van der Waals surface area contributed by atoms with Crippen molar-refractivity contribution >= 4 is 25.0 Å². The molecule has 0 aliphatic heterocycles. The van der Waals surface area contributed by atoms with Gasteiger partial charge in [0.25, 0.3) is 0 Å². The van der Waals surface area contributed by atoms with Crippen LogP contribution in [-0.4, -0.2) is 21.0 Å². The molecule has 0 spiro atoms. The molecule has 1 unspecified atom stereocenters. The molecule has 0 N–H and O–H groups in total. The fourth-order valence-corrected chi connectivity index (χ4v) is 2.61. The summed E-state index contributed by atoms with van der Waals surface area (Å²) in [5.41, 5.74) is 0.354. The summed E-state index contributed by atoms with van der Waals surface area (Å²) in [5, 5.41) is 1.04. The standard InChI is InChI=1S/C9H21BrOSi/c1-9(2,3)8(6-10)7-11-12(4)5/h8,12H,6-7H2,1-5H3. The Balaban J connectivity index is 3.84. The van der Waals surface area contributed by atoms with Gasteiger partial charge in [0, 0.05) is 11.9 Å². The van der Waals surface area contributed by atoms with Crippen LogP contribution in [0.25, 0.3) is 0 Å². The molecule has 0 aromatic heterocycles. The zero-order chi connectivity index (χ0) is 9.78. The molecule has 1 atom stereocenters. The maximum absolute atomic E-state index is 5.73. The highest BCUT2D eigenvalue weighted by Crippen LogP contribution is 2.27. The number of hydrogen-bond donors (Lipinski definition) is 0. The fourth-order valence-electron chi connectivity index (χ4n) is 0.835.